The fraction of sp³-hybridized carbons (Fsp3) is 0.111. The summed E-state index contributed by atoms with van der Waals surface area (Å²) in [5, 5.41) is 0.465. The van der Waals surface area contributed by atoms with Gasteiger partial charge in [0.25, 0.3) is 0 Å². The van der Waals surface area contributed by atoms with E-state index >= 15 is 0 Å². The number of halogens is 5. The second-order valence-electron chi connectivity index (χ2n) is 3.06. The Labute approximate surface area is 121 Å². The van der Waals surface area contributed by atoms with Gasteiger partial charge in [-0.05, 0) is 29.7 Å². The van der Waals surface area contributed by atoms with Crippen LogP contribution in [-0.4, -0.2) is 9.36 Å². The van der Waals surface area contributed by atoms with Gasteiger partial charge in [0.15, 0.2) is 0 Å². The van der Waals surface area contributed by atoms with E-state index in [-0.39, 0.29) is 0 Å². The van der Waals surface area contributed by atoms with E-state index in [0.29, 0.717) is 18.9 Å². The van der Waals surface area contributed by atoms with Crippen LogP contribution in [0.3, 0.4) is 0 Å². The van der Waals surface area contributed by atoms with Gasteiger partial charge in [0.05, 0.1) is 5.56 Å². The predicted octanol–water partition coefficient (Wildman–Crippen LogP) is 4.59. The Kier molecular flexibility index (Phi) is 3.74. The first kappa shape index (κ1) is 13.2. The molecule has 1 aromatic heterocycles. The molecular weight excluding hydrogens is 432 g/mol. The van der Waals surface area contributed by atoms with Crippen LogP contribution in [0.2, 0.25) is 0 Å². The van der Waals surface area contributed by atoms with Crippen molar-refractivity contribution < 1.29 is 13.2 Å². The molecule has 0 aliphatic rings. The van der Waals surface area contributed by atoms with Crippen molar-refractivity contribution in [2.75, 3.05) is 0 Å². The van der Waals surface area contributed by atoms with Crippen molar-refractivity contribution in [1.29, 1.82) is 0 Å². The van der Waals surface area contributed by atoms with E-state index in [2.05, 4.69) is 25.3 Å². The number of benzene rings is 1. The summed E-state index contributed by atoms with van der Waals surface area (Å²) >= 11 is 6.20. The summed E-state index contributed by atoms with van der Waals surface area (Å²) in [5.74, 6) is 0. The lowest BCUT2D eigenvalue weighted by Crippen LogP contribution is -2.04. The van der Waals surface area contributed by atoms with E-state index in [1.807, 2.05) is 22.6 Å². The highest BCUT2D eigenvalue weighted by Gasteiger charge is 2.31. The van der Waals surface area contributed by atoms with Crippen LogP contribution >= 0.6 is 50.1 Å². The first-order valence-corrected chi connectivity index (χ1v) is 6.89. The maximum Gasteiger partial charge on any atom is 0.416 e. The van der Waals surface area contributed by atoms with Crippen LogP contribution in [0.1, 0.15) is 5.56 Å². The average Bonchev–Trinajstić information content (AvgIpc) is 2.63. The largest absolute Gasteiger partial charge is 0.416 e. The van der Waals surface area contributed by atoms with Crippen molar-refractivity contribution in [1.82, 2.24) is 9.36 Å². The smallest absolute Gasteiger partial charge is 0.210 e. The van der Waals surface area contributed by atoms with Gasteiger partial charge in [-0.25, -0.2) is 4.98 Å². The minimum Gasteiger partial charge on any atom is -0.210 e. The Hall–Kier alpha value is -0.220. The quantitative estimate of drug-likeness (QED) is 0.613. The summed E-state index contributed by atoms with van der Waals surface area (Å²) in [6.45, 7) is 0. The van der Waals surface area contributed by atoms with Crippen LogP contribution < -0.4 is 0 Å². The molecule has 0 N–H and O–H groups in total. The second-order valence-corrected chi connectivity index (χ2v) is 5.63. The van der Waals surface area contributed by atoms with E-state index in [0.717, 1.165) is 23.7 Å². The maximum absolute atomic E-state index is 12.6. The van der Waals surface area contributed by atoms with Crippen LogP contribution in [0.4, 0.5) is 13.2 Å². The van der Waals surface area contributed by atoms with Gasteiger partial charge in [0.2, 0.25) is 3.83 Å². The van der Waals surface area contributed by atoms with Gasteiger partial charge >= 0.3 is 6.18 Å². The molecule has 1 aromatic carbocycles. The minimum absolute atomic E-state index is 0.403. The molecule has 0 unspecified atom stereocenters. The van der Waals surface area contributed by atoms with Crippen molar-refractivity contribution in [3.63, 3.8) is 0 Å². The predicted molar refractivity (Wildman–Crippen MR) is 70.8 cm³/mol. The highest BCUT2D eigenvalue weighted by Crippen LogP contribution is 2.36. The zero-order valence-corrected chi connectivity index (χ0v) is 12.5. The SMILES string of the molecule is FC(F)(F)c1ccc(Br)c(-c2nc(I)ns2)c1. The van der Waals surface area contributed by atoms with Gasteiger partial charge in [-0.3, -0.25) is 0 Å². The van der Waals surface area contributed by atoms with Gasteiger partial charge in [-0.1, -0.05) is 15.9 Å². The molecule has 2 rings (SSSR count). The molecule has 90 valence electrons. The number of hydrogen-bond donors (Lipinski definition) is 0. The van der Waals surface area contributed by atoms with Crippen molar-refractivity contribution >= 4 is 50.1 Å². The summed E-state index contributed by atoms with van der Waals surface area (Å²) in [4.78, 5) is 4.06. The molecule has 0 atom stereocenters. The minimum atomic E-state index is -4.35. The molecule has 0 bridgehead atoms. The fourth-order valence-electron chi connectivity index (χ4n) is 1.18. The van der Waals surface area contributed by atoms with Crippen molar-refractivity contribution in [3.8, 4) is 10.6 Å². The first-order valence-electron chi connectivity index (χ1n) is 4.24. The van der Waals surface area contributed by atoms with Crippen molar-refractivity contribution in [2.45, 2.75) is 6.18 Å². The fourth-order valence-corrected chi connectivity index (χ4v) is 3.04. The molecule has 0 saturated heterocycles. The number of aromatic nitrogens is 2. The number of hydrogen-bond acceptors (Lipinski definition) is 3. The van der Waals surface area contributed by atoms with Crippen molar-refractivity contribution in [2.24, 2.45) is 0 Å². The van der Waals surface area contributed by atoms with Gasteiger partial charge < -0.3 is 0 Å². The molecule has 0 spiro atoms. The summed E-state index contributed by atoms with van der Waals surface area (Å²) < 4.78 is 42.7. The highest BCUT2D eigenvalue weighted by atomic mass is 127. The molecule has 0 saturated carbocycles. The van der Waals surface area contributed by atoms with Gasteiger partial charge in [0, 0.05) is 32.6 Å². The Morgan fingerprint density at radius 3 is 2.53 bits per heavy atom. The third-order valence-electron chi connectivity index (χ3n) is 1.93. The lowest BCUT2D eigenvalue weighted by molar-refractivity contribution is -0.137. The monoisotopic (exact) mass is 434 g/mol. The summed E-state index contributed by atoms with van der Waals surface area (Å²) in [6, 6.07) is 3.46. The van der Waals surface area contributed by atoms with Crippen LogP contribution in [0.15, 0.2) is 22.7 Å². The second kappa shape index (κ2) is 4.81. The molecule has 17 heavy (non-hydrogen) atoms. The van der Waals surface area contributed by atoms with E-state index < -0.39 is 11.7 Å². The lowest BCUT2D eigenvalue weighted by atomic mass is 10.1. The summed E-state index contributed by atoms with van der Waals surface area (Å²) in [7, 11) is 0. The van der Waals surface area contributed by atoms with Gasteiger partial charge in [-0.2, -0.15) is 17.5 Å². The Morgan fingerprint density at radius 1 is 1.29 bits per heavy atom. The Balaban J connectivity index is 2.54. The molecule has 0 fully saturated rings. The van der Waals surface area contributed by atoms with E-state index in [1.165, 1.54) is 6.07 Å². The average molecular weight is 435 g/mol. The Morgan fingerprint density at radius 2 is 2.00 bits per heavy atom. The molecule has 0 aliphatic carbocycles. The molecular formula is C9H3BrF3IN2S. The third kappa shape index (κ3) is 2.97. The first-order chi connectivity index (χ1) is 7.88. The molecule has 8 heteroatoms. The lowest BCUT2D eigenvalue weighted by Gasteiger charge is -2.08. The van der Waals surface area contributed by atoms with Crippen LogP contribution in [-0.2, 0) is 6.18 Å². The van der Waals surface area contributed by atoms with E-state index in [4.69, 9.17) is 0 Å². The molecule has 1 heterocycles. The molecule has 2 aromatic rings. The van der Waals surface area contributed by atoms with Crippen molar-refractivity contribution in [3.05, 3.63) is 32.1 Å². The number of alkyl halides is 3. The molecule has 0 radical (unpaired) electrons. The number of nitrogens with zero attached hydrogens (tertiary/aromatic N) is 2. The highest BCUT2D eigenvalue weighted by molar-refractivity contribution is 14.1. The van der Waals surface area contributed by atoms with Crippen LogP contribution in [0.5, 0.6) is 0 Å². The Bertz CT molecular complexity index is 555. The summed E-state index contributed by atoms with van der Waals surface area (Å²) in [6.07, 6.45) is -4.35. The molecule has 0 amide bonds. The van der Waals surface area contributed by atoms with Gasteiger partial charge in [0.1, 0.15) is 5.01 Å². The summed E-state index contributed by atoms with van der Waals surface area (Å²) in [5.41, 5.74) is -0.291. The van der Waals surface area contributed by atoms with E-state index in [1.54, 1.807) is 0 Å². The maximum atomic E-state index is 12.6. The third-order valence-corrected chi connectivity index (χ3v) is 4.17. The number of rotatable bonds is 1. The van der Waals surface area contributed by atoms with Crippen LogP contribution in [0, 0.1) is 3.83 Å². The molecule has 2 nitrogen and oxygen atoms in total. The van der Waals surface area contributed by atoms with E-state index in [9.17, 15) is 13.2 Å². The zero-order chi connectivity index (χ0) is 12.6. The normalized spacial score (nSPS) is 11.8. The van der Waals surface area contributed by atoms with Crippen LogP contribution in [0.25, 0.3) is 10.6 Å². The zero-order valence-electron chi connectivity index (χ0n) is 7.92. The molecule has 0 aliphatic heterocycles. The standard InChI is InChI=1S/C9H3BrF3IN2S/c10-6-2-1-4(9(11,12)13)3-5(6)7-15-8(14)16-17-7/h1-3H. The van der Waals surface area contributed by atoms with Gasteiger partial charge in [-0.15, -0.1) is 0 Å². The topological polar surface area (TPSA) is 25.8 Å².